The summed E-state index contributed by atoms with van der Waals surface area (Å²) in [6.45, 7) is 11.7. The molecule has 34 heavy (non-hydrogen) atoms. The summed E-state index contributed by atoms with van der Waals surface area (Å²) in [6, 6.07) is 15.4. The number of nitrogens with one attached hydrogen (secondary N) is 2. The van der Waals surface area contributed by atoms with Gasteiger partial charge in [0.2, 0.25) is 0 Å². The molecule has 0 aliphatic heterocycles. The van der Waals surface area contributed by atoms with E-state index in [1.807, 2.05) is 48.5 Å². The first-order valence-electron chi connectivity index (χ1n) is 12.9. The van der Waals surface area contributed by atoms with E-state index in [0.717, 1.165) is 47.7 Å². The Hall–Kier alpha value is -2.02. The molecule has 0 spiro atoms. The first-order valence-corrected chi connectivity index (χ1v) is 13.7. The molecule has 0 saturated heterocycles. The molecule has 0 fully saturated rings. The Bertz CT molecular complexity index is 838. The second-order valence-electron chi connectivity index (χ2n) is 9.06. The summed E-state index contributed by atoms with van der Waals surface area (Å²) in [5.41, 5.74) is 1.35. The van der Waals surface area contributed by atoms with Crippen molar-refractivity contribution in [2.24, 2.45) is 0 Å². The van der Waals surface area contributed by atoms with E-state index in [4.69, 9.17) is 4.74 Å². The number of rotatable bonds is 17. The molecule has 2 aromatic carbocycles. The average Bonchev–Trinajstić information content (AvgIpc) is 2.87. The number of amides is 1. The Kier molecular flexibility index (Phi) is 13.1. The Morgan fingerprint density at radius 1 is 0.912 bits per heavy atom. The molecule has 2 rings (SSSR count). The number of likely N-dealkylation sites (N-methyl/N-ethyl adjacent to an activating group) is 1. The van der Waals surface area contributed by atoms with Gasteiger partial charge >= 0.3 is 0 Å². The fourth-order valence-electron chi connectivity index (χ4n) is 3.64. The molecule has 0 atom stereocenters. The van der Waals surface area contributed by atoms with Crippen molar-refractivity contribution in [2.45, 2.75) is 64.2 Å². The van der Waals surface area contributed by atoms with Crippen LogP contribution in [0.3, 0.4) is 0 Å². The Labute approximate surface area is 211 Å². The van der Waals surface area contributed by atoms with E-state index in [0.29, 0.717) is 17.9 Å². The van der Waals surface area contributed by atoms with Gasteiger partial charge in [-0.1, -0.05) is 51.2 Å². The van der Waals surface area contributed by atoms with E-state index in [2.05, 4.69) is 37.9 Å². The summed E-state index contributed by atoms with van der Waals surface area (Å²) in [7, 11) is 2.29. The maximum absolute atomic E-state index is 12.9. The summed E-state index contributed by atoms with van der Waals surface area (Å²) in [5.74, 6) is 0.503. The summed E-state index contributed by atoms with van der Waals surface area (Å²) >= 11 is 1.63. The molecule has 0 aliphatic carbocycles. The van der Waals surface area contributed by atoms with Gasteiger partial charge in [-0.15, -0.1) is 0 Å². The second-order valence-corrected chi connectivity index (χ2v) is 10.0. The third-order valence-electron chi connectivity index (χ3n) is 6.47. The van der Waals surface area contributed by atoms with Crippen LogP contribution in [-0.2, 0) is 0 Å². The van der Waals surface area contributed by atoms with Crippen molar-refractivity contribution in [3.63, 3.8) is 0 Å². The second kappa shape index (κ2) is 15.8. The van der Waals surface area contributed by atoms with Gasteiger partial charge in [0.1, 0.15) is 5.75 Å². The largest absolute Gasteiger partial charge is 0.493 e. The maximum atomic E-state index is 12.9. The van der Waals surface area contributed by atoms with Gasteiger partial charge in [-0.25, -0.2) is 0 Å². The molecule has 0 aromatic heterocycles. The van der Waals surface area contributed by atoms with Gasteiger partial charge in [0.15, 0.2) is 0 Å². The fraction of sp³-hybridized carbons (Fsp3) is 0.536. The SMILES string of the molecule is CCCCCCCCOc1ccccc1C(=O)Nc1ccc(SNCC[N+](C)(CC)CC)cc1. The van der Waals surface area contributed by atoms with Gasteiger partial charge in [0.25, 0.3) is 5.91 Å². The van der Waals surface area contributed by atoms with Crippen molar-refractivity contribution in [1.82, 2.24) is 4.72 Å². The first-order chi connectivity index (χ1) is 16.5. The van der Waals surface area contributed by atoms with Crippen molar-refractivity contribution in [3.8, 4) is 5.75 Å². The number of para-hydroxylation sites is 1. The van der Waals surface area contributed by atoms with E-state index in [-0.39, 0.29) is 5.91 Å². The number of anilines is 1. The molecule has 188 valence electrons. The minimum Gasteiger partial charge on any atom is -0.493 e. The normalized spacial score (nSPS) is 11.4. The molecule has 1 amide bonds. The van der Waals surface area contributed by atoms with E-state index in [1.165, 1.54) is 32.1 Å². The van der Waals surface area contributed by atoms with Gasteiger partial charge in [-0.3, -0.25) is 9.52 Å². The van der Waals surface area contributed by atoms with Crippen LogP contribution in [0, 0.1) is 0 Å². The first kappa shape index (κ1) is 28.2. The highest BCUT2D eigenvalue weighted by Crippen LogP contribution is 2.22. The fourth-order valence-corrected chi connectivity index (χ4v) is 4.27. The van der Waals surface area contributed by atoms with Gasteiger partial charge in [-0.2, -0.15) is 0 Å². The summed E-state index contributed by atoms with van der Waals surface area (Å²) < 4.78 is 10.5. The van der Waals surface area contributed by atoms with Gasteiger partial charge in [-0.05, 0) is 68.6 Å². The number of hydrogen-bond donors (Lipinski definition) is 2. The van der Waals surface area contributed by atoms with E-state index in [1.54, 1.807) is 11.9 Å². The van der Waals surface area contributed by atoms with Gasteiger partial charge in [0, 0.05) is 10.6 Å². The Morgan fingerprint density at radius 3 is 2.29 bits per heavy atom. The zero-order valence-corrected chi connectivity index (χ0v) is 22.4. The third-order valence-corrected chi connectivity index (χ3v) is 7.33. The predicted octanol–water partition coefficient (Wildman–Crippen LogP) is 6.76. The number of nitrogens with zero attached hydrogens (tertiary/aromatic N) is 1. The van der Waals surface area contributed by atoms with E-state index >= 15 is 0 Å². The lowest BCUT2D eigenvalue weighted by Crippen LogP contribution is -2.46. The smallest absolute Gasteiger partial charge is 0.259 e. The number of carbonyl (C=O) groups is 1. The molecule has 0 aliphatic rings. The number of hydrogen-bond acceptors (Lipinski definition) is 4. The zero-order chi connectivity index (χ0) is 24.7. The molecule has 0 heterocycles. The van der Waals surface area contributed by atoms with Crippen molar-refractivity contribution in [1.29, 1.82) is 0 Å². The van der Waals surface area contributed by atoms with Crippen LogP contribution in [0.4, 0.5) is 5.69 Å². The number of unbranched alkanes of at least 4 members (excludes halogenated alkanes) is 5. The lowest BCUT2D eigenvalue weighted by atomic mass is 10.1. The number of benzene rings is 2. The van der Waals surface area contributed by atoms with E-state index in [9.17, 15) is 4.79 Å². The van der Waals surface area contributed by atoms with Gasteiger partial charge in [0.05, 0.1) is 45.4 Å². The van der Waals surface area contributed by atoms with Crippen LogP contribution >= 0.6 is 11.9 Å². The Morgan fingerprint density at radius 2 is 1.59 bits per heavy atom. The lowest BCUT2D eigenvalue weighted by Gasteiger charge is -2.32. The van der Waals surface area contributed by atoms with Crippen molar-refractivity contribution < 1.29 is 14.0 Å². The summed E-state index contributed by atoms with van der Waals surface area (Å²) in [6.07, 6.45) is 7.29. The number of carbonyl (C=O) groups excluding carboxylic acids is 1. The third kappa shape index (κ3) is 10.1. The number of ether oxygens (including phenoxy) is 1. The predicted molar refractivity (Wildman–Crippen MR) is 146 cm³/mol. The van der Waals surface area contributed by atoms with Crippen LogP contribution in [-0.4, -0.2) is 50.2 Å². The van der Waals surface area contributed by atoms with Crippen LogP contribution in [0.1, 0.15) is 69.7 Å². The maximum Gasteiger partial charge on any atom is 0.259 e. The molecule has 0 unspecified atom stereocenters. The van der Waals surface area contributed by atoms with Crippen LogP contribution in [0.2, 0.25) is 0 Å². The molecule has 0 radical (unpaired) electrons. The van der Waals surface area contributed by atoms with Crippen LogP contribution < -0.4 is 14.8 Å². The van der Waals surface area contributed by atoms with Crippen molar-refractivity contribution in [2.75, 3.05) is 45.2 Å². The van der Waals surface area contributed by atoms with Crippen molar-refractivity contribution >= 4 is 23.5 Å². The lowest BCUT2D eigenvalue weighted by molar-refractivity contribution is -0.904. The number of quaternary nitrogens is 1. The highest BCUT2D eigenvalue weighted by Gasteiger charge is 2.15. The van der Waals surface area contributed by atoms with Crippen LogP contribution in [0.25, 0.3) is 0 Å². The molecular formula is C28H44N3O2S+. The zero-order valence-electron chi connectivity index (χ0n) is 21.6. The topological polar surface area (TPSA) is 50.4 Å². The minimum absolute atomic E-state index is 0.145. The van der Waals surface area contributed by atoms with Crippen LogP contribution in [0.15, 0.2) is 53.4 Å². The van der Waals surface area contributed by atoms with Crippen LogP contribution in [0.5, 0.6) is 5.75 Å². The monoisotopic (exact) mass is 486 g/mol. The minimum atomic E-state index is -0.145. The molecule has 0 saturated carbocycles. The quantitative estimate of drug-likeness (QED) is 0.147. The Balaban J connectivity index is 1.80. The molecule has 5 nitrogen and oxygen atoms in total. The van der Waals surface area contributed by atoms with Gasteiger partial charge < -0.3 is 14.5 Å². The molecule has 6 heteroatoms. The molecule has 2 N–H and O–H groups in total. The van der Waals surface area contributed by atoms with Crippen molar-refractivity contribution in [3.05, 3.63) is 54.1 Å². The average molecular weight is 487 g/mol. The molecular weight excluding hydrogens is 442 g/mol. The molecule has 2 aromatic rings. The molecule has 0 bridgehead atoms. The van der Waals surface area contributed by atoms with E-state index < -0.39 is 0 Å². The highest BCUT2D eigenvalue weighted by atomic mass is 32.2. The highest BCUT2D eigenvalue weighted by molar-refractivity contribution is 7.97. The summed E-state index contributed by atoms with van der Waals surface area (Å²) in [5, 5.41) is 3.00. The summed E-state index contributed by atoms with van der Waals surface area (Å²) in [4.78, 5) is 14.0. The standard InChI is InChI=1S/C28H43N3O2S/c1-5-8-9-10-11-14-23-33-27-16-13-12-15-26(27)28(32)30-24-17-19-25(20-18-24)34-29-21-22-31(4,6-2)7-3/h12-13,15-20,29H,5-11,14,21-23H2,1-4H3/p+1.